The minimum Gasteiger partial charge on any atom is -0.390 e. The number of rotatable bonds is 5. The van der Waals surface area contributed by atoms with Crippen molar-refractivity contribution >= 4 is 0 Å². The van der Waals surface area contributed by atoms with Crippen LogP contribution in [0.2, 0.25) is 0 Å². The van der Waals surface area contributed by atoms with Crippen molar-refractivity contribution in [1.82, 2.24) is 15.3 Å². The molecule has 84 valence electrons. The highest BCUT2D eigenvalue weighted by Gasteiger charge is 2.18. The minimum absolute atomic E-state index is 0.492. The fourth-order valence-electron chi connectivity index (χ4n) is 1.23. The fourth-order valence-corrected chi connectivity index (χ4v) is 1.23. The van der Waals surface area contributed by atoms with Gasteiger partial charge in [0.25, 0.3) is 0 Å². The second-order valence-corrected chi connectivity index (χ2v) is 3.47. The Morgan fingerprint density at radius 3 is 2.47 bits per heavy atom. The van der Waals surface area contributed by atoms with Crippen LogP contribution in [0.15, 0.2) is 12.4 Å². The molecule has 0 radical (unpaired) electrons. The quantitative estimate of drug-likeness (QED) is 0.628. The number of aryl methyl sites for hydroxylation is 1. The Morgan fingerprint density at radius 1 is 1.33 bits per heavy atom. The van der Waals surface area contributed by atoms with Crippen molar-refractivity contribution in [1.29, 1.82) is 0 Å². The molecule has 0 spiro atoms. The number of hydrogen-bond acceptors (Lipinski definition) is 5. The molecule has 1 heterocycles. The van der Waals surface area contributed by atoms with E-state index in [0.29, 0.717) is 24.4 Å². The van der Waals surface area contributed by atoms with Crippen LogP contribution in [0.3, 0.4) is 0 Å². The highest BCUT2D eigenvalue weighted by atomic mass is 16.3. The summed E-state index contributed by atoms with van der Waals surface area (Å²) in [5.74, 6) is 0.649. The van der Waals surface area contributed by atoms with E-state index in [1.54, 1.807) is 14.0 Å². The highest BCUT2D eigenvalue weighted by Crippen LogP contribution is 2.16. The SMILES string of the molecule is CNCCC(O)C(O)c1cnc(C)nc1. The Labute approximate surface area is 89.2 Å². The lowest BCUT2D eigenvalue weighted by Crippen LogP contribution is -2.23. The molecule has 0 bridgehead atoms. The molecule has 1 rings (SSSR count). The molecule has 0 aromatic carbocycles. The summed E-state index contributed by atoms with van der Waals surface area (Å²) in [6, 6.07) is 0. The molecule has 0 saturated carbocycles. The van der Waals surface area contributed by atoms with E-state index in [2.05, 4.69) is 15.3 Å². The molecular formula is C10H17N3O2. The summed E-state index contributed by atoms with van der Waals surface area (Å²) in [4.78, 5) is 7.93. The number of aromatic nitrogens is 2. The Hall–Kier alpha value is -1.04. The van der Waals surface area contributed by atoms with Crippen molar-refractivity contribution in [2.75, 3.05) is 13.6 Å². The monoisotopic (exact) mass is 211 g/mol. The van der Waals surface area contributed by atoms with Crippen molar-refractivity contribution in [3.8, 4) is 0 Å². The van der Waals surface area contributed by atoms with Crippen LogP contribution in [0.1, 0.15) is 23.9 Å². The standard InChI is InChI=1S/C10H17N3O2/c1-7-12-5-8(6-13-7)10(15)9(14)3-4-11-2/h5-6,9-11,14-15H,3-4H2,1-2H3. The molecule has 0 aliphatic carbocycles. The normalized spacial score (nSPS) is 14.9. The van der Waals surface area contributed by atoms with Gasteiger partial charge in [0.2, 0.25) is 0 Å². The maximum absolute atomic E-state index is 9.75. The van der Waals surface area contributed by atoms with E-state index < -0.39 is 12.2 Å². The van der Waals surface area contributed by atoms with Crippen LogP contribution in [0.4, 0.5) is 0 Å². The molecule has 0 saturated heterocycles. The van der Waals surface area contributed by atoms with Crippen molar-refractivity contribution in [2.45, 2.75) is 25.6 Å². The summed E-state index contributed by atoms with van der Waals surface area (Å²) in [6.07, 6.45) is 1.86. The third-order valence-electron chi connectivity index (χ3n) is 2.20. The number of nitrogens with one attached hydrogen (secondary N) is 1. The van der Waals surface area contributed by atoms with Crippen molar-refractivity contribution in [3.63, 3.8) is 0 Å². The van der Waals surface area contributed by atoms with E-state index in [-0.39, 0.29) is 0 Å². The predicted molar refractivity (Wildman–Crippen MR) is 56.3 cm³/mol. The van der Waals surface area contributed by atoms with Crippen molar-refractivity contribution in [2.24, 2.45) is 0 Å². The van der Waals surface area contributed by atoms with Gasteiger partial charge in [0.05, 0.1) is 6.10 Å². The Bertz CT molecular complexity index is 289. The summed E-state index contributed by atoms with van der Waals surface area (Å²) < 4.78 is 0. The zero-order valence-corrected chi connectivity index (χ0v) is 9.01. The number of aliphatic hydroxyl groups is 2. The molecule has 15 heavy (non-hydrogen) atoms. The molecule has 0 aliphatic heterocycles. The highest BCUT2D eigenvalue weighted by molar-refractivity contribution is 5.09. The van der Waals surface area contributed by atoms with E-state index in [1.807, 2.05) is 0 Å². The third-order valence-corrected chi connectivity index (χ3v) is 2.20. The van der Waals surface area contributed by atoms with Crippen molar-refractivity contribution in [3.05, 3.63) is 23.8 Å². The lowest BCUT2D eigenvalue weighted by molar-refractivity contribution is 0.0136. The molecule has 1 aromatic rings. The molecule has 5 nitrogen and oxygen atoms in total. The first kappa shape index (κ1) is 12.0. The summed E-state index contributed by atoms with van der Waals surface area (Å²) in [5, 5.41) is 22.3. The second-order valence-electron chi connectivity index (χ2n) is 3.47. The smallest absolute Gasteiger partial charge is 0.125 e. The average Bonchev–Trinajstić information content (AvgIpc) is 2.26. The molecular weight excluding hydrogens is 194 g/mol. The van der Waals surface area contributed by atoms with Crippen LogP contribution in [-0.4, -0.2) is 39.9 Å². The van der Waals surface area contributed by atoms with Gasteiger partial charge in [-0.25, -0.2) is 9.97 Å². The molecule has 0 amide bonds. The number of aliphatic hydroxyl groups excluding tert-OH is 2. The molecule has 5 heteroatoms. The second kappa shape index (κ2) is 5.75. The van der Waals surface area contributed by atoms with Gasteiger partial charge in [0.1, 0.15) is 11.9 Å². The third kappa shape index (κ3) is 3.54. The van der Waals surface area contributed by atoms with Gasteiger partial charge in [-0.2, -0.15) is 0 Å². The van der Waals surface area contributed by atoms with Crippen LogP contribution in [0.5, 0.6) is 0 Å². The molecule has 2 atom stereocenters. The lowest BCUT2D eigenvalue weighted by Gasteiger charge is -2.17. The average molecular weight is 211 g/mol. The van der Waals surface area contributed by atoms with E-state index in [9.17, 15) is 10.2 Å². The zero-order valence-electron chi connectivity index (χ0n) is 9.01. The van der Waals surface area contributed by atoms with Crippen LogP contribution in [0.25, 0.3) is 0 Å². The van der Waals surface area contributed by atoms with Gasteiger partial charge >= 0.3 is 0 Å². The first-order valence-corrected chi connectivity index (χ1v) is 4.94. The summed E-state index contributed by atoms with van der Waals surface area (Å²) in [5.41, 5.74) is 0.546. The Kier molecular flexibility index (Phi) is 4.61. The lowest BCUT2D eigenvalue weighted by atomic mass is 10.1. The number of nitrogens with zero attached hydrogens (tertiary/aromatic N) is 2. The summed E-state index contributed by atoms with van der Waals surface area (Å²) in [6.45, 7) is 2.43. The van der Waals surface area contributed by atoms with E-state index in [1.165, 1.54) is 12.4 Å². The maximum Gasteiger partial charge on any atom is 0.125 e. The van der Waals surface area contributed by atoms with E-state index in [0.717, 1.165) is 0 Å². The van der Waals surface area contributed by atoms with E-state index >= 15 is 0 Å². The van der Waals surface area contributed by atoms with Crippen LogP contribution in [-0.2, 0) is 0 Å². The Morgan fingerprint density at radius 2 is 1.93 bits per heavy atom. The number of hydrogen-bond donors (Lipinski definition) is 3. The summed E-state index contributed by atoms with van der Waals surface area (Å²) in [7, 11) is 1.80. The zero-order chi connectivity index (χ0) is 11.3. The first-order chi connectivity index (χ1) is 7.15. The largest absolute Gasteiger partial charge is 0.390 e. The first-order valence-electron chi connectivity index (χ1n) is 4.94. The molecule has 2 unspecified atom stereocenters. The molecule has 0 fully saturated rings. The van der Waals surface area contributed by atoms with Gasteiger partial charge in [0, 0.05) is 18.0 Å². The predicted octanol–water partition coefficient (Wildman–Crippen LogP) is -0.211. The molecule has 3 N–H and O–H groups in total. The fraction of sp³-hybridized carbons (Fsp3) is 0.600. The van der Waals surface area contributed by atoms with Crippen LogP contribution in [0, 0.1) is 6.92 Å². The van der Waals surface area contributed by atoms with Gasteiger partial charge in [-0.3, -0.25) is 0 Å². The van der Waals surface area contributed by atoms with E-state index in [4.69, 9.17) is 0 Å². The van der Waals surface area contributed by atoms with Gasteiger partial charge in [0.15, 0.2) is 0 Å². The Balaban J connectivity index is 2.59. The maximum atomic E-state index is 9.75. The summed E-state index contributed by atoms with van der Waals surface area (Å²) >= 11 is 0. The van der Waals surface area contributed by atoms with Crippen molar-refractivity contribution < 1.29 is 10.2 Å². The minimum atomic E-state index is -0.918. The van der Waals surface area contributed by atoms with Gasteiger partial charge in [-0.05, 0) is 26.9 Å². The van der Waals surface area contributed by atoms with Gasteiger partial charge in [-0.15, -0.1) is 0 Å². The van der Waals surface area contributed by atoms with Gasteiger partial charge in [-0.1, -0.05) is 0 Å². The molecule has 0 aliphatic rings. The van der Waals surface area contributed by atoms with Crippen LogP contribution >= 0.6 is 0 Å². The van der Waals surface area contributed by atoms with Gasteiger partial charge < -0.3 is 15.5 Å². The van der Waals surface area contributed by atoms with Crippen LogP contribution < -0.4 is 5.32 Å². The molecule has 1 aromatic heterocycles. The topological polar surface area (TPSA) is 78.3 Å².